The number of hydrogen-bond acceptors (Lipinski definition) is 3. The molecule has 2 nitrogen and oxygen atoms in total. The fourth-order valence-corrected chi connectivity index (χ4v) is 2.08. The van der Waals surface area contributed by atoms with Crippen molar-refractivity contribution < 1.29 is 5.11 Å². The van der Waals surface area contributed by atoms with Crippen LogP contribution in [0.4, 0.5) is 0 Å². The monoisotopic (exact) mass is 219 g/mol. The van der Waals surface area contributed by atoms with Crippen molar-refractivity contribution in [1.29, 1.82) is 0 Å². The summed E-state index contributed by atoms with van der Waals surface area (Å²) in [4.78, 5) is 1.26. The number of thiophene rings is 1. The molecule has 1 heterocycles. The summed E-state index contributed by atoms with van der Waals surface area (Å²) in [6, 6.07) is 3.95. The standard InChI is InChI=1S/C9H14ClNOS/c10-9-4-3-8(13-9)7-11-5-1-2-6-12/h3-4,11-12H,1-2,5-7H2. The molecule has 1 aromatic rings. The number of unbranched alkanes of at least 4 members (excludes halogenated alkanes) is 1. The van der Waals surface area contributed by atoms with E-state index in [1.807, 2.05) is 12.1 Å². The fourth-order valence-electron chi connectivity index (χ4n) is 1.02. The average molecular weight is 220 g/mol. The van der Waals surface area contributed by atoms with Gasteiger partial charge < -0.3 is 10.4 Å². The Labute approximate surface area is 87.5 Å². The Morgan fingerprint density at radius 1 is 1.38 bits per heavy atom. The van der Waals surface area contributed by atoms with Crippen LogP contribution in [-0.4, -0.2) is 18.3 Å². The summed E-state index contributed by atoms with van der Waals surface area (Å²) < 4.78 is 0.840. The van der Waals surface area contributed by atoms with Crippen molar-refractivity contribution in [2.45, 2.75) is 19.4 Å². The number of rotatable bonds is 6. The van der Waals surface area contributed by atoms with Gasteiger partial charge in [-0.25, -0.2) is 0 Å². The van der Waals surface area contributed by atoms with Crippen molar-refractivity contribution in [1.82, 2.24) is 5.32 Å². The molecule has 0 amide bonds. The molecule has 0 spiro atoms. The van der Waals surface area contributed by atoms with Crippen molar-refractivity contribution in [3.8, 4) is 0 Å². The zero-order valence-corrected chi connectivity index (χ0v) is 9.00. The van der Waals surface area contributed by atoms with Gasteiger partial charge in [0.25, 0.3) is 0 Å². The van der Waals surface area contributed by atoms with E-state index in [2.05, 4.69) is 5.32 Å². The Balaban J connectivity index is 2.06. The van der Waals surface area contributed by atoms with Gasteiger partial charge in [-0.2, -0.15) is 0 Å². The highest BCUT2D eigenvalue weighted by atomic mass is 35.5. The largest absolute Gasteiger partial charge is 0.396 e. The second-order valence-electron chi connectivity index (χ2n) is 2.81. The first-order valence-electron chi connectivity index (χ1n) is 4.38. The van der Waals surface area contributed by atoms with E-state index in [1.54, 1.807) is 11.3 Å². The van der Waals surface area contributed by atoms with E-state index in [0.717, 1.165) is 30.3 Å². The Morgan fingerprint density at radius 3 is 2.85 bits per heavy atom. The van der Waals surface area contributed by atoms with Gasteiger partial charge in [0.2, 0.25) is 0 Å². The molecule has 0 aliphatic heterocycles. The summed E-state index contributed by atoms with van der Waals surface area (Å²) in [6.45, 7) is 2.12. The highest BCUT2D eigenvalue weighted by Crippen LogP contribution is 2.20. The minimum Gasteiger partial charge on any atom is -0.396 e. The van der Waals surface area contributed by atoms with Crippen LogP contribution in [0.5, 0.6) is 0 Å². The van der Waals surface area contributed by atoms with E-state index in [0.29, 0.717) is 0 Å². The first-order chi connectivity index (χ1) is 6.33. The van der Waals surface area contributed by atoms with Crippen molar-refractivity contribution in [3.05, 3.63) is 21.3 Å². The summed E-state index contributed by atoms with van der Waals surface area (Å²) in [5, 5.41) is 11.8. The summed E-state index contributed by atoms with van der Waals surface area (Å²) in [7, 11) is 0. The van der Waals surface area contributed by atoms with Crippen LogP contribution < -0.4 is 5.32 Å². The number of halogens is 1. The highest BCUT2D eigenvalue weighted by molar-refractivity contribution is 7.16. The second-order valence-corrected chi connectivity index (χ2v) is 4.61. The van der Waals surface area contributed by atoms with Crippen LogP contribution in [-0.2, 0) is 6.54 Å². The van der Waals surface area contributed by atoms with E-state index in [9.17, 15) is 0 Å². The van der Waals surface area contributed by atoms with E-state index < -0.39 is 0 Å². The maximum Gasteiger partial charge on any atom is 0.0931 e. The van der Waals surface area contributed by atoms with Crippen LogP contribution >= 0.6 is 22.9 Å². The molecule has 0 unspecified atom stereocenters. The Bertz CT molecular complexity index is 239. The number of aliphatic hydroxyl groups is 1. The third kappa shape index (κ3) is 4.62. The Morgan fingerprint density at radius 2 is 2.23 bits per heavy atom. The van der Waals surface area contributed by atoms with Gasteiger partial charge in [-0.05, 0) is 31.5 Å². The normalized spacial score (nSPS) is 10.6. The molecule has 0 radical (unpaired) electrons. The molecule has 0 bridgehead atoms. The van der Waals surface area contributed by atoms with Crippen molar-refractivity contribution in [2.24, 2.45) is 0 Å². The van der Waals surface area contributed by atoms with Gasteiger partial charge in [-0.3, -0.25) is 0 Å². The maximum atomic E-state index is 8.54. The molecule has 1 rings (SSSR count). The van der Waals surface area contributed by atoms with Gasteiger partial charge in [0.05, 0.1) is 4.34 Å². The van der Waals surface area contributed by atoms with Gasteiger partial charge in [-0.15, -0.1) is 11.3 Å². The predicted octanol–water partition coefficient (Wildman–Crippen LogP) is 2.26. The number of hydrogen-bond donors (Lipinski definition) is 2. The number of aliphatic hydroxyl groups excluding tert-OH is 1. The molecule has 0 aromatic carbocycles. The van der Waals surface area contributed by atoms with Crippen LogP contribution in [0.2, 0.25) is 4.34 Å². The van der Waals surface area contributed by atoms with Crippen LogP contribution in [0.3, 0.4) is 0 Å². The highest BCUT2D eigenvalue weighted by Gasteiger charge is 1.96. The molecule has 13 heavy (non-hydrogen) atoms. The molecule has 0 saturated carbocycles. The van der Waals surface area contributed by atoms with Crippen LogP contribution in [0, 0.1) is 0 Å². The van der Waals surface area contributed by atoms with Crippen molar-refractivity contribution in [2.75, 3.05) is 13.2 Å². The molecule has 0 saturated heterocycles. The van der Waals surface area contributed by atoms with Crippen LogP contribution in [0.15, 0.2) is 12.1 Å². The Kier molecular flexibility index (Phi) is 5.39. The lowest BCUT2D eigenvalue weighted by atomic mass is 10.3. The maximum absolute atomic E-state index is 8.54. The van der Waals surface area contributed by atoms with Crippen LogP contribution in [0.1, 0.15) is 17.7 Å². The van der Waals surface area contributed by atoms with Gasteiger partial charge in [-0.1, -0.05) is 11.6 Å². The lowest BCUT2D eigenvalue weighted by Crippen LogP contribution is -2.14. The van der Waals surface area contributed by atoms with E-state index in [1.165, 1.54) is 4.88 Å². The Hall–Kier alpha value is -0.0900. The lowest BCUT2D eigenvalue weighted by molar-refractivity contribution is 0.283. The zero-order valence-electron chi connectivity index (χ0n) is 7.42. The summed E-state index contributed by atoms with van der Waals surface area (Å²) in [5.74, 6) is 0. The lowest BCUT2D eigenvalue weighted by Gasteiger charge is -2.00. The molecule has 74 valence electrons. The minimum absolute atomic E-state index is 0.284. The SMILES string of the molecule is OCCCCNCc1ccc(Cl)s1. The van der Waals surface area contributed by atoms with Gasteiger partial charge >= 0.3 is 0 Å². The summed E-state index contributed by atoms with van der Waals surface area (Å²) in [6.07, 6.45) is 1.90. The smallest absolute Gasteiger partial charge is 0.0931 e. The zero-order chi connectivity index (χ0) is 9.52. The van der Waals surface area contributed by atoms with Gasteiger partial charge in [0.1, 0.15) is 0 Å². The quantitative estimate of drug-likeness (QED) is 0.720. The third-order valence-electron chi connectivity index (χ3n) is 1.69. The third-order valence-corrected chi connectivity index (χ3v) is 2.92. The molecule has 0 atom stereocenters. The molecule has 0 aliphatic carbocycles. The van der Waals surface area contributed by atoms with Gasteiger partial charge in [0.15, 0.2) is 0 Å². The summed E-state index contributed by atoms with van der Waals surface area (Å²) >= 11 is 7.39. The molecular weight excluding hydrogens is 206 g/mol. The average Bonchev–Trinajstić information content (AvgIpc) is 2.51. The van der Waals surface area contributed by atoms with E-state index in [4.69, 9.17) is 16.7 Å². The van der Waals surface area contributed by atoms with E-state index >= 15 is 0 Å². The minimum atomic E-state index is 0.284. The van der Waals surface area contributed by atoms with Crippen molar-refractivity contribution >= 4 is 22.9 Å². The van der Waals surface area contributed by atoms with Gasteiger partial charge in [0, 0.05) is 18.0 Å². The molecule has 1 aromatic heterocycles. The second kappa shape index (κ2) is 6.38. The van der Waals surface area contributed by atoms with Crippen LogP contribution in [0.25, 0.3) is 0 Å². The first kappa shape index (κ1) is 11.0. The predicted molar refractivity (Wildman–Crippen MR) is 57.4 cm³/mol. The molecule has 4 heteroatoms. The van der Waals surface area contributed by atoms with Crippen molar-refractivity contribution in [3.63, 3.8) is 0 Å². The molecule has 0 fully saturated rings. The fraction of sp³-hybridized carbons (Fsp3) is 0.556. The number of nitrogens with one attached hydrogen (secondary N) is 1. The summed E-state index contributed by atoms with van der Waals surface area (Å²) in [5.41, 5.74) is 0. The molecule has 0 aliphatic rings. The first-order valence-corrected chi connectivity index (χ1v) is 5.58. The van der Waals surface area contributed by atoms with E-state index in [-0.39, 0.29) is 6.61 Å². The topological polar surface area (TPSA) is 32.3 Å². The molecule has 2 N–H and O–H groups in total. The molecular formula is C9H14ClNOS.